The van der Waals surface area contributed by atoms with Crippen LogP contribution in [0.25, 0.3) is 0 Å². The van der Waals surface area contributed by atoms with Crippen molar-refractivity contribution in [2.75, 3.05) is 0 Å². The Bertz CT molecular complexity index is 33.1. The van der Waals surface area contributed by atoms with E-state index < -0.39 is 0 Å². The van der Waals surface area contributed by atoms with Crippen molar-refractivity contribution in [3.63, 3.8) is 0 Å². The number of nitrogens with zero attached hydrogens (tertiary/aromatic N) is 1. The maximum atomic E-state index is 6.88. The zero-order valence-corrected chi connectivity index (χ0v) is 3.18. The quantitative estimate of drug-likeness (QED) is 0.402. The van der Waals surface area contributed by atoms with Crippen molar-refractivity contribution in [1.29, 1.82) is 5.26 Å². The SMILES string of the molecule is N#CO.[Ag].[KH]. The number of nitriles is 1. The van der Waals surface area contributed by atoms with Crippen LogP contribution in [0.1, 0.15) is 0 Å². The fraction of sp³-hybridized carbons (Fsp3) is 0. The van der Waals surface area contributed by atoms with Crippen molar-refractivity contribution in [2.24, 2.45) is 0 Å². The molecular weight excluding hydrogens is 189 g/mol. The molecule has 0 aromatic rings. The Balaban J connectivity index is -0.0000000200. The first-order valence-electron chi connectivity index (χ1n) is 0.447. The van der Waals surface area contributed by atoms with E-state index in [-0.39, 0.29) is 73.8 Å². The van der Waals surface area contributed by atoms with Gasteiger partial charge in [-0.1, -0.05) is 0 Å². The first kappa shape index (κ1) is 15.9. The van der Waals surface area contributed by atoms with Crippen LogP contribution < -0.4 is 0 Å². The van der Waals surface area contributed by atoms with Gasteiger partial charge in [-0.2, -0.15) is 5.26 Å². The van der Waals surface area contributed by atoms with Crippen LogP contribution in [-0.4, -0.2) is 56.5 Å². The first-order chi connectivity index (χ1) is 1.41. The molecule has 0 rings (SSSR count). The van der Waals surface area contributed by atoms with Gasteiger partial charge in [-0.15, -0.1) is 0 Å². The number of aliphatic hydroxyl groups excluding tert-OH is 1. The summed E-state index contributed by atoms with van der Waals surface area (Å²) in [7, 11) is 0. The van der Waals surface area contributed by atoms with Gasteiger partial charge in [0.05, 0.1) is 0 Å². The van der Waals surface area contributed by atoms with Gasteiger partial charge in [-0.05, 0) is 0 Å². The topological polar surface area (TPSA) is 44.0 Å². The molecule has 29 valence electrons. The molecule has 0 bridgehead atoms. The van der Waals surface area contributed by atoms with Crippen LogP contribution in [-0.2, 0) is 22.4 Å². The third-order valence-electron chi connectivity index (χ3n) is 0. The van der Waals surface area contributed by atoms with Crippen molar-refractivity contribution < 1.29 is 27.5 Å². The van der Waals surface area contributed by atoms with E-state index in [4.69, 9.17) is 10.4 Å². The Hall–Kier alpha value is 1.67. The van der Waals surface area contributed by atoms with Crippen molar-refractivity contribution in [1.82, 2.24) is 0 Å². The fourth-order valence-electron chi connectivity index (χ4n) is 0. The summed E-state index contributed by atoms with van der Waals surface area (Å²) in [6.07, 6.45) is 0.750. The van der Waals surface area contributed by atoms with Crippen LogP contribution in [0, 0.1) is 11.5 Å². The molecule has 0 heterocycles. The molecule has 0 aromatic heterocycles. The van der Waals surface area contributed by atoms with E-state index >= 15 is 0 Å². The molecule has 0 aliphatic rings. The molecule has 0 aliphatic heterocycles. The Morgan fingerprint density at radius 2 is 1.60 bits per heavy atom. The summed E-state index contributed by atoms with van der Waals surface area (Å²) < 4.78 is 0. The van der Waals surface area contributed by atoms with E-state index in [2.05, 4.69) is 0 Å². The van der Waals surface area contributed by atoms with E-state index in [0.29, 0.717) is 0 Å². The summed E-state index contributed by atoms with van der Waals surface area (Å²) in [4.78, 5) is 0. The van der Waals surface area contributed by atoms with Crippen LogP contribution >= 0.6 is 0 Å². The van der Waals surface area contributed by atoms with Crippen molar-refractivity contribution in [3.05, 3.63) is 0 Å². The van der Waals surface area contributed by atoms with Gasteiger partial charge in [0.1, 0.15) is 0 Å². The van der Waals surface area contributed by atoms with Crippen molar-refractivity contribution in [2.45, 2.75) is 0 Å². The number of rotatable bonds is 0. The summed E-state index contributed by atoms with van der Waals surface area (Å²) in [6.45, 7) is 0. The van der Waals surface area contributed by atoms with Gasteiger partial charge in [0, 0.05) is 22.4 Å². The Morgan fingerprint density at radius 3 is 1.60 bits per heavy atom. The molecule has 0 fully saturated rings. The van der Waals surface area contributed by atoms with E-state index in [1.54, 1.807) is 0 Å². The van der Waals surface area contributed by atoms with E-state index in [9.17, 15) is 0 Å². The molecule has 0 unspecified atom stereocenters. The fourth-order valence-corrected chi connectivity index (χ4v) is 0. The maximum absolute atomic E-state index is 6.88. The number of aliphatic hydroxyl groups is 1. The molecule has 5 heavy (non-hydrogen) atoms. The van der Waals surface area contributed by atoms with Gasteiger partial charge in [-0.3, -0.25) is 0 Å². The molecule has 0 aliphatic carbocycles. The molecule has 0 saturated carbocycles. The number of hydrogen-bond acceptors (Lipinski definition) is 2. The third-order valence-corrected chi connectivity index (χ3v) is 0. The van der Waals surface area contributed by atoms with Crippen LogP contribution in [0.4, 0.5) is 0 Å². The Morgan fingerprint density at radius 1 is 1.60 bits per heavy atom. The van der Waals surface area contributed by atoms with Gasteiger partial charge in [0.15, 0.2) is 0 Å². The summed E-state index contributed by atoms with van der Waals surface area (Å²) in [5, 5.41) is 13.8. The minimum atomic E-state index is 0. The predicted molar refractivity (Wildman–Crippen MR) is 14.7 cm³/mol. The number of hydrogen-bond donors (Lipinski definition) is 1. The van der Waals surface area contributed by atoms with Crippen LogP contribution in [0.5, 0.6) is 0 Å². The Kier molecular flexibility index (Phi) is 55.3. The van der Waals surface area contributed by atoms with Gasteiger partial charge in [-0.25, -0.2) is 0 Å². The molecule has 1 N–H and O–H groups in total. The molecule has 2 nitrogen and oxygen atoms in total. The summed E-state index contributed by atoms with van der Waals surface area (Å²) in [5.41, 5.74) is 0. The summed E-state index contributed by atoms with van der Waals surface area (Å²) >= 11 is 0. The monoisotopic (exact) mass is 190 g/mol. The molecule has 1 radical (unpaired) electrons. The molecule has 0 amide bonds. The zero-order valence-electron chi connectivity index (χ0n) is 1.70. The van der Waals surface area contributed by atoms with Gasteiger partial charge < -0.3 is 5.11 Å². The first-order valence-corrected chi connectivity index (χ1v) is 0.447. The van der Waals surface area contributed by atoms with Crippen molar-refractivity contribution >= 4 is 51.4 Å². The van der Waals surface area contributed by atoms with Gasteiger partial charge in [0.25, 0.3) is 6.26 Å². The average Bonchev–Trinajstić information content (AvgIpc) is 0.918. The molecule has 0 atom stereocenters. The molecule has 0 spiro atoms. The summed E-state index contributed by atoms with van der Waals surface area (Å²) in [5.74, 6) is 0. The molecule has 0 aromatic carbocycles. The third kappa shape index (κ3) is 27.4. The normalized spacial score (nSPS) is 1.40. The Labute approximate surface area is 88.5 Å². The zero-order chi connectivity index (χ0) is 2.71. The summed E-state index contributed by atoms with van der Waals surface area (Å²) in [6, 6.07) is 0. The second kappa shape index (κ2) is 17.4. The van der Waals surface area contributed by atoms with E-state index in [0.717, 1.165) is 6.26 Å². The molecular formula is CH2AgKNO. The minimum absolute atomic E-state index is 0. The van der Waals surface area contributed by atoms with Crippen LogP contribution in [0.3, 0.4) is 0 Å². The molecule has 0 saturated heterocycles. The molecule has 4 heteroatoms. The second-order valence-electron chi connectivity index (χ2n) is 0.100. The van der Waals surface area contributed by atoms with Crippen LogP contribution in [0.15, 0.2) is 0 Å². The standard InChI is InChI=1S/CHNO.Ag.K.H/c2-1-3;;;/h3H;;;. The predicted octanol–water partition coefficient (Wildman–Crippen LogP) is -0.811. The van der Waals surface area contributed by atoms with E-state index in [1.807, 2.05) is 0 Å². The second-order valence-corrected chi connectivity index (χ2v) is 0.100. The van der Waals surface area contributed by atoms with Gasteiger partial charge >= 0.3 is 51.4 Å². The van der Waals surface area contributed by atoms with Gasteiger partial charge in [0.2, 0.25) is 0 Å². The van der Waals surface area contributed by atoms with Crippen molar-refractivity contribution in [3.8, 4) is 6.26 Å². The van der Waals surface area contributed by atoms with E-state index in [1.165, 1.54) is 0 Å². The average molecular weight is 191 g/mol. The van der Waals surface area contributed by atoms with Crippen LogP contribution in [0.2, 0.25) is 0 Å².